The highest BCUT2D eigenvalue weighted by molar-refractivity contribution is 6.31. The Balaban J connectivity index is 1.91. The van der Waals surface area contributed by atoms with Crippen LogP contribution in [-0.2, 0) is 6.54 Å². The van der Waals surface area contributed by atoms with Crippen LogP contribution in [0.1, 0.15) is 36.7 Å². The van der Waals surface area contributed by atoms with Gasteiger partial charge in [0.15, 0.2) is 11.5 Å². The summed E-state index contributed by atoms with van der Waals surface area (Å²) in [5.41, 5.74) is 7.82. The van der Waals surface area contributed by atoms with Gasteiger partial charge in [-0.15, -0.1) is 0 Å². The van der Waals surface area contributed by atoms with Crippen molar-refractivity contribution in [3.8, 4) is 5.75 Å². The Morgan fingerprint density at radius 3 is 2.90 bits per heavy atom. The van der Waals surface area contributed by atoms with Crippen LogP contribution in [0.25, 0.3) is 11.0 Å². The standard InChI is InChI=1S/C19H20ClFN6O3/c1-8-5-26(19(28)29)6-12-15(21)13(20)4-11(16(12)30-8)10(3)27-18-14(9(2)25-27)17(22)23-7-24-18/h4,7-8,10H,5-6H2,1-3H3,(H,28,29)(H2,22,23,24). The quantitative estimate of drug-likeness (QED) is 0.634. The average molecular weight is 435 g/mol. The molecular weight excluding hydrogens is 415 g/mol. The molecule has 0 saturated carbocycles. The molecule has 11 heteroatoms. The third-order valence-corrected chi connectivity index (χ3v) is 5.49. The number of anilines is 1. The van der Waals surface area contributed by atoms with Crippen LogP contribution < -0.4 is 10.5 Å². The first-order valence-electron chi connectivity index (χ1n) is 9.29. The Morgan fingerprint density at radius 1 is 1.47 bits per heavy atom. The lowest BCUT2D eigenvalue weighted by Gasteiger charge is -2.21. The minimum atomic E-state index is -1.16. The molecule has 0 spiro atoms. The summed E-state index contributed by atoms with van der Waals surface area (Å²) in [5.74, 6) is -0.117. The summed E-state index contributed by atoms with van der Waals surface area (Å²) in [7, 11) is 0. The zero-order valence-corrected chi connectivity index (χ0v) is 17.3. The van der Waals surface area contributed by atoms with E-state index in [4.69, 9.17) is 22.1 Å². The molecule has 0 aliphatic carbocycles. The smallest absolute Gasteiger partial charge is 0.407 e. The van der Waals surface area contributed by atoms with Crippen LogP contribution in [0.15, 0.2) is 12.4 Å². The number of carboxylic acid groups (broad SMARTS) is 1. The van der Waals surface area contributed by atoms with E-state index in [-0.39, 0.29) is 29.4 Å². The summed E-state index contributed by atoms with van der Waals surface area (Å²) in [5, 5.41) is 14.5. The molecule has 4 rings (SSSR count). The molecule has 2 unspecified atom stereocenters. The van der Waals surface area contributed by atoms with E-state index in [1.54, 1.807) is 18.5 Å². The number of hydrogen-bond acceptors (Lipinski definition) is 6. The molecule has 0 saturated heterocycles. The van der Waals surface area contributed by atoms with Gasteiger partial charge in [0, 0.05) is 5.56 Å². The van der Waals surface area contributed by atoms with E-state index in [2.05, 4.69) is 15.1 Å². The highest BCUT2D eigenvalue weighted by Crippen LogP contribution is 2.40. The minimum absolute atomic E-state index is 0.0958. The number of benzene rings is 1. The number of rotatable bonds is 2. The zero-order valence-electron chi connectivity index (χ0n) is 16.6. The molecule has 2 aromatic heterocycles. The van der Waals surface area contributed by atoms with Gasteiger partial charge in [0.05, 0.1) is 40.8 Å². The van der Waals surface area contributed by atoms with Crippen LogP contribution in [0.4, 0.5) is 15.0 Å². The van der Waals surface area contributed by atoms with Crippen LogP contribution in [0, 0.1) is 12.7 Å². The fourth-order valence-electron chi connectivity index (χ4n) is 3.80. The number of nitrogen functional groups attached to an aromatic ring is 1. The second kappa shape index (κ2) is 7.28. The summed E-state index contributed by atoms with van der Waals surface area (Å²) in [6, 6.07) is 1.03. The molecule has 30 heavy (non-hydrogen) atoms. The van der Waals surface area contributed by atoms with Gasteiger partial charge in [-0.3, -0.25) is 0 Å². The summed E-state index contributed by atoms with van der Waals surface area (Å²) >= 11 is 6.18. The highest BCUT2D eigenvalue weighted by atomic mass is 35.5. The van der Waals surface area contributed by atoms with Gasteiger partial charge in [-0.05, 0) is 26.8 Å². The third-order valence-electron chi connectivity index (χ3n) is 5.22. The predicted octanol–water partition coefficient (Wildman–Crippen LogP) is 3.38. The summed E-state index contributed by atoms with van der Waals surface area (Å²) in [4.78, 5) is 21.0. The summed E-state index contributed by atoms with van der Waals surface area (Å²) < 4.78 is 22.5. The van der Waals surface area contributed by atoms with E-state index < -0.39 is 24.1 Å². The fraction of sp³-hybridized carbons (Fsp3) is 0.368. The van der Waals surface area contributed by atoms with E-state index >= 15 is 0 Å². The average Bonchev–Trinajstić information content (AvgIpc) is 2.92. The van der Waals surface area contributed by atoms with Gasteiger partial charge < -0.3 is 20.5 Å². The number of carbonyl (C=O) groups is 1. The van der Waals surface area contributed by atoms with Crippen molar-refractivity contribution in [2.45, 2.75) is 39.5 Å². The number of nitrogens with zero attached hydrogens (tertiary/aromatic N) is 5. The molecular formula is C19H20ClFN6O3. The molecule has 1 aromatic carbocycles. The number of aryl methyl sites for hydroxylation is 1. The van der Waals surface area contributed by atoms with Crippen molar-refractivity contribution in [3.05, 3.63) is 40.1 Å². The molecule has 1 aliphatic rings. The first-order valence-corrected chi connectivity index (χ1v) is 9.67. The summed E-state index contributed by atoms with van der Waals surface area (Å²) in [6.45, 7) is 5.31. The predicted molar refractivity (Wildman–Crippen MR) is 108 cm³/mol. The number of aromatic nitrogens is 4. The van der Waals surface area contributed by atoms with Crippen LogP contribution >= 0.6 is 11.6 Å². The Hall–Kier alpha value is -3.14. The first kappa shape index (κ1) is 20.1. The van der Waals surface area contributed by atoms with E-state index in [0.717, 1.165) is 4.90 Å². The van der Waals surface area contributed by atoms with Gasteiger partial charge in [0.2, 0.25) is 0 Å². The fourth-order valence-corrected chi connectivity index (χ4v) is 4.03. The number of halogens is 2. The number of hydrogen-bond donors (Lipinski definition) is 2. The van der Waals surface area contributed by atoms with Crippen molar-refractivity contribution in [2.75, 3.05) is 12.3 Å². The number of amides is 1. The van der Waals surface area contributed by atoms with Crippen molar-refractivity contribution in [2.24, 2.45) is 0 Å². The minimum Gasteiger partial charge on any atom is -0.488 e. The van der Waals surface area contributed by atoms with Gasteiger partial charge in [-0.1, -0.05) is 11.6 Å². The van der Waals surface area contributed by atoms with Gasteiger partial charge in [0.25, 0.3) is 0 Å². The van der Waals surface area contributed by atoms with Crippen LogP contribution in [-0.4, -0.2) is 48.5 Å². The topological polar surface area (TPSA) is 119 Å². The molecule has 0 radical (unpaired) electrons. The molecule has 3 aromatic rings. The SMILES string of the molecule is Cc1nn(C(C)c2cc(Cl)c(F)c3c2OC(C)CN(C(=O)O)C3)c2ncnc(N)c12. The monoisotopic (exact) mass is 434 g/mol. The van der Waals surface area contributed by atoms with E-state index in [1.165, 1.54) is 12.4 Å². The number of ether oxygens (including phenoxy) is 1. The van der Waals surface area contributed by atoms with Gasteiger partial charge in [-0.25, -0.2) is 23.8 Å². The van der Waals surface area contributed by atoms with E-state index in [0.29, 0.717) is 28.1 Å². The Labute approximate surface area is 176 Å². The van der Waals surface area contributed by atoms with Crippen molar-refractivity contribution >= 4 is 34.5 Å². The molecule has 1 aliphatic heterocycles. The summed E-state index contributed by atoms with van der Waals surface area (Å²) in [6.07, 6.45) is -0.292. The van der Waals surface area contributed by atoms with Crippen molar-refractivity contribution in [3.63, 3.8) is 0 Å². The van der Waals surface area contributed by atoms with Crippen LogP contribution in [0.3, 0.4) is 0 Å². The van der Waals surface area contributed by atoms with Gasteiger partial charge >= 0.3 is 6.09 Å². The first-order chi connectivity index (χ1) is 14.2. The normalized spacial score (nSPS) is 17.4. The van der Waals surface area contributed by atoms with Crippen molar-refractivity contribution in [1.29, 1.82) is 0 Å². The van der Waals surface area contributed by atoms with E-state index in [9.17, 15) is 14.3 Å². The lowest BCUT2D eigenvalue weighted by molar-refractivity contribution is 0.121. The second-order valence-corrected chi connectivity index (χ2v) is 7.73. The van der Waals surface area contributed by atoms with Crippen molar-refractivity contribution in [1.82, 2.24) is 24.6 Å². The maximum Gasteiger partial charge on any atom is 0.407 e. The third kappa shape index (κ3) is 3.17. The van der Waals surface area contributed by atoms with Crippen molar-refractivity contribution < 1.29 is 19.0 Å². The number of nitrogens with two attached hydrogens (primary N) is 1. The number of fused-ring (bicyclic) bond motifs is 2. The molecule has 0 bridgehead atoms. The van der Waals surface area contributed by atoms with Crippen LogP contribution in [0.2, 0.25) is 5.02 Å². The highest BCUT2D eigenvalue weighted by Gasteiger charge is 2.31. The molecule has 0 fully saturated rings. The van der Waals surface area contributed by atoms with Crippen LogP contribution in [0.5, 0.6) is 5.75 Å². The molecule has 3 N–H and O–H groups in total. The second-order valence-electron chi connectivity index (χ2n) is 7.32. The molecule has 9 nitrogen and oxygen atoms in total. The van der Waals surface area contributed by atoms with Gasteiger partial charge in [0.1, 0.15) is 24.0 Å². The molecule has 2 atom stereocenters. The van der Waals surface area contributed by atoms with Gasteiger partial charge in [-0.2, -0.15) is 5.10 Å². The Kier molecular flexibility index (Phi) is 4.89. The Morgan fingerprint density at radius 2 is 2.20 bits per heavy atom. The maximum absolute atomic E-state index is 14.9. The largest absolute Gasteiger partial charge is 0.488 e. The molecule has 3 heterocycles. The Bertz CT molecular complexity index is 1170. The lowest BCUT2D eigenvalue weighted by atomic mass is 10.0. The molecule has 1 amide bonds. The van der Waals surface area contributed by atoms with E-state index in [1.807, 2.05) is 6.92 Å². The lowest BCUT2D eigenvalue weighted by Crippen LogP contribution is -2.34. The zero-order chi connectivity index (χ0) is 21.7. The molecule has 158 valence electrons. The maximum atomic E-state index is 14.9.